The first-order valence-corrected chi connectivity index (χ1v) is 7.75. The highest BCUT2D eigenvalue weighted by molar-refractivity contribution is 6.37. The van der Waals surface area contributed by atoms with Crippen LogP contribution in [0.25, 0.3) is 12.2 Å². The molecule has 0 bridgehead atoms. The van der Waals surface area contributed by atoms with Gasteiger partial charge in [-0.2, -0.15) is 0 Å². The van der Waals surface area contributed by atoms with E-state index >= 15 is 0 Å². The Labute approximate surface area is 146 Å². The van der Waals surface area contributed by atoms with Gasteiger partial charge in [-0.25, -0.2) is 0 Å². The number of halogens is 2. The molecule has 0 aliphatic rings. The molecule has 4 heteroatoms. The van der Waals surface area contributed by atoms with Crippen molar-refractivity contribution in [1.82, 2.24) is 0 Å². The van der Waals surface area contributed by atoms with Gasteiger partial charge in [0.2, 0.25) is 0 Å². The molecule has 0 heterocycles. The van der Waals surface area contributed by atoms with Crippen LogP contribution in [-0.2, 0) is 4.79 Å². The fourth-order valence-electron chi connectivity index (χ4n) is 1.98. The number of ether oxygens (including phenoxy) is 1. The van der Waals surface area contributed by atoms with Crippen molar-refractivity contribution in [3.8, 4) is 5.75 Å². The Kier molecular flexibility index (Phi) is 6.03. The maximum absolute atomic E-state index is 12.2. The molecule has 0 saturated carbocycles. The summed E-state index contributed by atoms with van der Waals surface area (Å²) in [6.07, 6.45) is 4.93. The van der Waals surface area contributed by atoms with Gasteiger partial charge >= 0.3 is 0 Å². The van der Waals surface area contributed by atoms with E-state index in [2.05, 4.69) is 0 Å². The predicted molar refractivity (Wildman–Crippen MR) is 97.1 cm³/mol. The zero-order valence-corrected chi connectivity index (χ0v) is 14.4. The minimum absolute atomic E-state index is 0.100. The highest BCUT2D eigenvalue weighted by Crippen LogP contribution is 2.25. The summed E-state index contributed by atoms with van der Waals surface area (Å²) in [5, 5.41) is 1.02. The maximum Gasteiger partial charge on any atom is 0.181 e. The number of benzene rings is 2. The van der Waals surface area contributed by atoms with Gasteiger partial charge in [-0.15, -0.1) is 0 Å². The topological polar surface area (TPSA) is 26.3 Å². The molecule has 2 rings (SSSR count). The van der Waals surface area contributed by atoms with Crippen LogP contribution in [0, 0.1) is 0 Å². The van der Waals surface area contributed by atoms with Crippen molar-refractivity contribution in [1.29, 1.82) is 0 Å². The van der Waals surface area contributed by atoms with Gasteiger partial charge in [-0.05, 0) is 60.6 Å². The van der Waals surface area contributed by atoms with E-state index in [1.165, 1.54) is 6.08 Å². The van der Waals surface area contributed by atoms with Crippen molar-refractivity contribution in [3.63, 3.8) is 0 Å². The van der Waals surface area contributed by atoms with Crippen LogP contribution in [0.2, 0.25) is 10.0 Å². The zero-order valence-electron chi connectivity index (χ0n) is 12.8. The normalized spacial score (nSPS) is 11.7. The molecule has 23 heavy (non-hydrogen) atoms. The lowest BCUT2D eigenvalue weighted by Crippen LogP contribution is -1.94. The average Bonchev–Trinajstić information content (AvgIpc) is 2.54. The summed E-state index contributed by atoms with van der Waals surface area (Å²) in [5.41, 5.74) is 2.19. The molecule has 0 radical (unpaired) electrons. The SMILES string of the molecule is COc1ccc(/C=C(\C)C(=O)/C=C/c2c(Cl)cccc2Cl)cc1. The fourth-order valence-corrected chi connectivity index (χ4v) is 2.51. The second-order valence-electron chi connectivity index (χ2n) is 4.93. The van der Waals surface area contributed by atoms with E-state index in [1.807, 2.05) is 30.3 Å². The number of carbonyl (C=O) groups excluding carboxylic acids is 1. The Balaban J connectivity index is 2.15. The largest absolute Gasteiger partial charge is 0.497 e. The lowest BCUT2D eigenvalue weighted by Gasteiger charge is -2.02. The lowest BCUT2D eigenvalue weighted by molar-refractivity contribution is -0.111. The standard InChI is InChI=1S/C19H16Cl2O2/c1-13(12-14-6-8-15(23-2)9-7-14)19(22)11-10-16-17(20)4-3-5-18(16)21/h3-12H,1-2H3/b11-10+,13-12+. The van der Waals surface area contributed by atoms with Crippen LogP contribution >= 0.6 is 23.2 Å². The Morgan fingerprint density at radius 2 is 1.65 bits per heavy atom. The van der Waals surface area contributed by atoms with E-state index in [4.69, 9.17) is 27.9 Å². The third-order valence-corrected chi connectivity index (χ3v) is 3.95. The van der Waals surface area contributed by atoms with Crippen molar-refractivity contribution >= 4 is 41.1 Å². The number of ketones is 1. The predicted octanol–water partition coefficient (Wildman–Crippen LogP) is 5.69. The Hall–Kier alpha value is -2.03. The van der Waals surface area contributed by atoms with Crippen LogP contribution in [0.5, 0.6) is 5.75 Å². The second kappa shape index (κ2) is 8.00. The van der Waals surface area contributed by atoms with E-state index < -0.39 is 0 Å². The van der Waals surface area contributed by atoms with Crippen LogP contribution in [-0.4, -0.2) is 12.9 Å². The first-order valence-electron chi connectivity index (χ1n) is 7.00. The smallest absolute Gasteiger partial charge is 0.181 e. The van der Waals surface area contributed by atoms with Gasteiger partial charge in [0.1, 0.15) is 5.75 Å². The lowest BCUT2D eigenvalue weighted by atomic mass is 10.1. The summed E-state index contributed by atoms with van der Waals surface area (Å²) in [5.74, 6) is 0.677. The Bertz CT molecular complexity index is 739. The monoisotopic (exact) mass is 346 g/mol. The quantitative estimate of drug-likeness (QED) is 0.650. The van der Waals surface area contributed by atoms with E-state index in [1.54, 1.807) is 38.3 Å². The third kappa shape index (κ3) is 4.72. The van der Waals surface area contributed by atoms with Crippen LogP contribution in [0.4, 0.5) is 0 Å². The highest BCUT2D eigenvalue weighted by atomic mass is 35.5. The van der Waals surface area contributed by atoms with Gasteiger partial charge in [-0.1, -0.05) is 41.4 Å². The first kappa shape index (κ1) is 17.3. The molecule has 0 spiro atoms. The van der Waals surface area contributed by atoms with Crippen molar-refractivity contribution in [2.75, 3.05) is 7.11 Å². The van der Waals surface area contributed by atoms with Gasteiger partial charge in [0.25, 0.3) is 0 Å². The molecule has 0 fully saturated rings. The molecule has 2 aromatic carbocycles. The Morgan fingerprint density at radius 3 is 2.22 bits per heavy atom. The van der Waals surface area contributed by atoms with Gasteiger partial charge in [0.15, 0.2) is 5.78 Å². The molecule has 118 valence electrons. The number of hydrogen-bond donors (Lipinski definition) is 0. The summed E-state index contributed by atoms with van der Waals surface area (Å²) in [4.78, 5) is 12.2. The summed E-state index contributed by atoms with van der Waals surface area (Å²) in [7, 11) is 1.62. The molecular formula is C19H16Cl2O2. The number of hydrogen-bond acceptors (Lipinski definition) is 2. The fraction of sp³-hybridized carbons (Fsp3) is 0.105. The molecule has 0 atom stereocenters. The summed E-state index contributed by atoms with van der Waals surface area (Å²) in [6, 6.07) is 12.7. The van der Waals surface area contributed by atoms with E-state index in [9.17, 15) is 4.79 Å². The summed E-state index contributed by atoms with van der Waals surface area (Å²) < 4.78 is 5.11. The van der Waals surface area contributed by atoms with Gasteiger partial charge in [-0.3, -0.25) is 4.79 Å². The molecule has 0 N–H and O–H groups in total. The van der Waals surface area contributed by atoms with Gasteiger partial charge in [0.05, 0.1) is 7.11 Å². The number of rotatable bonds is 5. The zero-order chi connectivity index (χ0) is 16.8. The van der Waals surface area contributed by atoms with Crippen molar-refractivity contribution in [2.45, 2.75) is 6.92 Å². The summed E-state index contributed by atoms with van der Waals surface area (Å²) >= 11 is 12.2. The maximum atomic E-state index is 12.2. The minimum atomic E-state index is -0.100. The van der Waals surface area contributed by atoms with Crippen LogP contribution in [0.1, 0.15) is 18.1 Å². The van der Waals surface area contributed by atoms with Gasteiger partial charge < -0.3 is 4.74 Å². The second-order valence-corrected chi connectivity index (χ2v) is 5.75. The van der Waals surface area contributed by atoms with E-state index in [-0.39, 0.29) is 5.78 Å². The van der Waals surface area contributed by atoms with E-state index in [0.29, 0.717) is 21.2 Å². The number of methoxy groups -OCH3 is 1. The molecule has 0 aliphatic heterocycles. The average molecular weight is 347 g/mol. The van der Waals surface area contributed by atoms with E-state index in [0.717, 1.165) is 11.3 Å². The molecular weight excluding hydrogens is 331 g/mol. The van der Waals surface area contributed by atoms with Crippen molar-refractivity contribution in [2.24, 2.45) is 0 Å². The molecule has 0 amide bonds. The molecule has 0 aliphatic carbocycles. The highest BCUT2D eigenvalue weighted by Gasteiger charge is 2.04. The van der Waals surface area contributed by atoms with Crippen molar-refractivity contribution < 1.29 is 9.53 Å². The number of allylic oxidation sites excluding steroid dienone is 2. The first-order chi connectivity index (χ1) is 11.0. The molecule has 0 aromatic heterocycles. The van der Waals surface area contributed by atoms with Crippen LogP contribution in [0.15, 0.2) is 54.1 Å². The van der Waals surface area contributed by atoms with Gasteiger partial charge in [0, 0.05) is 15.6 Å². The summed E-state index contributed by atoms with van der Waals surface area (Å²) in [6.45, 7) is 1.77. The third-order valence-electron chi connectivity index (χ3n) is 3.29. The molecule has 2 aromatic rings. The van der Waals surface area contributed by atoms with Crippen molar-refractivity contribution in [3.05, 3.63) is 75.3 Å². The van der Waals surface area contributed by atoms with Crippen LogP contribution < -0.4 is 4.74 Å². The minimum Gasteiger partial charge on any atom is -0.497 e. The number of carbonyl (C=O) groups is 1. The molecule has 2 nitrogen and oxygen atoms in total. The van der Waals surface area contributed by atoms with Crippen LogP contribution in [0.3, 0.4) is 0 Å². The molecule has 0 unspecified atom stereocenters. The molecule has 0 saturated heterocycles. The Morgan fingerprint density at radius 1 is 1.04 bits per heavy atom.